The number of nitrogens with two attached hydrogens (primary N) is 1. The van der Waals surface area contributed by atoms with Gasteiger partial charge in [-0.1, -0.05) is 97.1 Å². The Balaban J connectivity index is 1.43. The molecule has 0 radical (unpaired) electrons. The molecule has 1 aliphatic heterocycles. The van der Waals surface area contributed by atoms with Gasteiger partial charge in [-0.05, 0) is 47.2 Å². The number of amides is 2. The number of aromatic nitrogens is 2. The number of H-pyrrole nitrogens is 1. The van der Waals surface area contributed by atoms with E-state index in [4.69, 9.17) is 5.73 Å². The molecule has 4 unspecified atom stereocenters. The average Bonchev–Trinajstić information content (AvgIpc) is 3.38. The standard InChI is InChI=1S/C34H35N5O3/c35-33-27-18-26(16-17-28(27)36-37-33)22-39-30(20-24-12-6-2-7-13-24)32(41)31(40)29(19-23-10-4-1-5-11-23)38(34(39)42)21-25-14-8-3-9-15-25/h1-18,29-32,40-41H,19-22H2,(H3,35,36,37). The van der Waals surface area contributed by atoms with Crippen LogP contribution in [0.4, 0.5) is 10.6 Å². The highest BCUT2D eigenvalue weighted by atomic mass is 16.3. The smallest absolute Gasteiger partial charge is 0.321 e. The SMILES string of the molecule is Nc1n[nH]c2ccc(CN3C(=O)N(Cc4ccccc4)C(Cc4ccccc4)C(O)C(O)C3Cc3ccccc3)cc12. The molecule has 4 atom stereocenters. The van der Waals surface area contributed by atoms with Crippen molar-refractivity contribution in [2.24, 2.45) is 0 Å². The van der Waals surface area contributed by atoms with Crippen LogP contribution in [0.3, 0.4) is 0 Å². The number of nitrogens with one attached hydrogen (secondary N) is 1. The molecule has 1 saturated heterocycles. The monoisotopic (exact) mass is 561 g/mol. The van der Waals surface area contributed by atoms with E-state index in [-0.39, 0.29) is 12.6 Å². The minimum Gasteiger partial charge on any atom is -0.388 e. The number of fused-ring (bicyclic) bond motifs is 1. The fourth-order valence-corrected chi connectivity index (χ4v) is 5.97. The van der Waals surface area contributed by atoms with Gasteiger partial charge in [0.25, 0.3) is 0 Å². The van der Waals surface area contributed by atoms with Crippen molar-refractivity contribution in [2.75, 3.05) is 5.73 Å². The van der Waals surface area contributed by atoms with Crippen molar-refractivity contribution >= 4 is 22.8 Å². The zero-order chi connectivity index (χ0) is 29.1. The third kappa shape index (κ3) is 5.72. The number of rotatable bonds is 8. The van der Waals surface area contributed by atoms with Crippen LogP contribution in [0.2, 0.25) is 0 Å². The molecule has 0 bridgehead atoms. The number of carbonyl (C=O) groups excluding carboxylic acids is 1. The second kappa shape index (κ2) is 12.1. The lowest BCUT2D eigenvalue weighted by Crippen LogP contribution is -2.50. The van der Waals surface area contributed by atoms with Crippen LogP contribution in [-0.2, 0) is 25.9 Å². The molecule has 0 spiro atoms. The Morgan fingerprint density at radius 2 is 1.14 bits per heavy atom. The molecule has 0 aliphatic carbocycles. The molecule has 2 amide bonds. The number of anilines is 1. The van der Waals surface area contributed by atoms with Gasteiger partial charge in [0, 0.05) is 18.5 Å². The lowest BCUT2D eigenvalue weighted by atomic mass is 9.91. The highest BCUT2D eigenvalue weighted by Crippen LogP contribution is 2.30. The van der Waals surface area contributed by atoms with E-state index in [2.05, 4.69) is 10.2 Å². The second-order valence-corrected chi connectivity index (χ2v) is 11.0. The molecule has 42 heavy (non-hydrogen) atoms. The first kappa shape index (κ1) is 27.5. The summed E-state index contributed by atoms with van der Waals surface area (Å²) >= 11 is 0. The molecule has 8 nitrogen and oxygen atoms in total. The fourth-order valence-electron chi connectivity index (χ4n) is 5.97. The molecular formula is C34H35N5O3. The van der Waals surface area contributed by atoms with Crippen molar-refractivity contribution in [1.29, 1.82) is 0 Å². The minimum absolute atomic E-state index is 0.226. The molecule has 0 saturated carbocycles. The van der Waals surface area contributed by atoms with Crippen LogP contribution >= 0.6 is 0 Å². The Kier molecular flexibility index (Phi) is 7.90. The second-order valence-electron chi connectivity index (χ2n) is 11.0. The zero-order valence-corrected chi connectivity index (χ0v) is 23.3. The number of aliphatic hydroxyl groups excluding tert-OH is 2. The maximum absolute atomic E-state index is 14.7. The van der Waals surface area contributed by atoms with Crippen LogP contribution in [0, 0.1) is 0 Å². The van der Waals surface area contributed by atoms with E-state index in [0.717, 1.165) is 33.2 Å². The molecule has 6 rings (SSSR count). The number of hydrogen-bond donors (Lipinski definition) is 4. The van der Waals surface area contributed by atoms with Crippen LogP contribution in [0.1, 0.15) is 22.3 Å². The summed E-state index contributed by atoms with van der Waals surface area (Å²) in [5.74, 6) is 0.388. The number of hydrogen-bond acceptors (Lipinski definition) is 5. The van der Waals surface area contributed by atoms with Crippen molar-refractivity contribution in [2.45, 2.75) is 50.2 Å². The maximum Gasteiger partial charge on any atom is 0.321 e. The third-order valence-corrected chi connectivity index (χ3v) is 8.21. The number of urea groups is 1. The van der Waals surface area contributed by atoms with Gasteiger partial charge in [-0.2, -0.15) is 5.10 Å². The summed E-state index contributed by atoms with van der Waals surface area (Å²) in [7, 11) is 0. The van der Waals surface area contributed by atoms with E-state index in [1.54, 1.807) is 9.80 Å². The zero-order valence-electron chi connectivity index (χ0n) is 23.3. The quantitative estimate of drug-likeness (QED) is 0.222. The Bertz CT molecular complexity index is 1630. The summed E-state index contributed by atoms with van der Waals surface area (Å²) < 4.78 is 0. The van der Waals surface area contributed by atoms with E-state index >= 15 is 0 Å². The van der Waals surface area contributed by atoms with Crippen molar-refractivity contribution in [3.8, 4) is 0 Å². The molecule has 5 aromatic rings. The molecular weight excluding hydrogens is 526 g/mol. The van der Waals surface area contributed by atoms with Crippen molar-refractivity contribution in [3.05, 3.63) is 131 Å². The fraction of sp³-hybridized carbons (Fsp3) is 0.235. The van der Waals surface area contributed by atoms with Crippen LogP contribution in [0.5, 0.6) is 0 Å². The summed E-state index contributed by atoms with van der Waals surface area (Å²) in [6.07, 6.45) is -1.57. The predicted octanol–water partition coefficient (Wildman–Crippen LogP) is 4.53. The summed E-state index contributed by atoms with van der Waals surface area (Å²) in [5, 5.41) is 31.5. The lowest BCUT2D eigenvalue weighted by Gasteiger charge is -2.36. The van der Waals surface area contributed by atoms with Crippen molar-refractivity contribution in [3.63, 3.8) is 0 Å². The molecule has 1 fully saturated rings. The van der Waals surface area contributed by atoms with Crippen LogP contribution in [0.25, 0.3) is 10.9 Å². The van der Waals surface area contributed by atoms with Crippen LogP contribution in [-0.4, -0.2) is 60.5 Å². The first-order valence-corrected chi connectivity index (χ1v) is 14.3. The normalized spacial score (nSPS) is 21.0. The molecule has 1 aromatic heterocycles. The lowest BCUT2D eigenvalue weighted by molar-refractivity contribution is -0.0408. The number of benzene rings is 4. The molecule has 8 heteroatoms. The van der Waals surface area contributed by atoms with E-state index in [1.165, 1.54) is 0 Å². The van der Waals surface area contributed by atoms with Gasteiger partial charge in [-0.15, -0.1) is 0 Å². The summed E-state index contributed by atoms with van der Waals surface area (Å²) in [6, 6.07) is 33.5. The van der Waals surface area contributed by atoms with E-state index in [9.17, 15) is 15.0 Å². The van der Waals surface area contributed by atoms with E-state index in [1.807, 2.05) is 109 Å². The van der Waals surface area contributed by atoms with Crippen molar-refractivity contribution < 1.29 is 15.0 Å². The summed E-state index contributed by atoms with van der Waals surface area (Å²) in [6.45, 7) is 0.521. The van der Waals surface area contributed by atoms with Crippen molar-refractivity contribution in [1.82, 2.24) is 20.0 Å². The number of aromatic amines is 1. The first-order valence-electron chi connectivity index (χ1n) is 14.3. The Hall–Kier alpha value is -4.66. The van der Waals surface area contributed by atoms with Crippen LogP contribution < -0.4 is 5.73 Å². The van der Waals surface area contributed by atoms with Gasteiger partial charge in [0.15, 0.2) is 5.82 Å². The molecule has 1 aliphatic rings. The largest absolute Gasteiger partial charge is 0.388 e. The van der Waals surface area contributed by atoms with Gasteiger partial charge in [0.1, 0.15) is 12.2 Å². The van der Waals surface area contributed by atoms with Gasteiger partial charge in [-0.25, -0.2) is 4.79 Å². The number of aliphatic hydroxyl groups is 2. The molecule has 4 aromatic carbocycles. The Morgan fingerprint density at radius 1 is 0.667 bits per heavy atom. The predicted molar refractivity (Wildman–Crippen MR) is 163 cm³/mol. The van der Waals surface area contributed by atoms with E-state index < -0.39 is 24.3 Å². The first-order chi connectivity index (χ1) is 20.5. The Labute approximate surface area is 245 Å². The maximum atomic E-state index is 14.7. The van der Waals surface area contributed by atoms with Gasteiger partial charge < -0.3 is 25.7 Å². The van der Waals surface area contributed by atoms with Gasteiger partial charge in [-0.3, -0.25) is 5.10 Å². The molecule has 5 N–H and O–H groups in total. The Morgan fingerprint density at radius 3 is 1.67 bits per heavy atom. The number of carbonyl (C=O) groups is 1. The summed E-state index contributed by atoms with van der Waals surface area (Å²) in [5.41, 5.74) is 10.6. The van der Waals surface area contributed by atoms with E-state index in [0.29, 0.717) is 25.2 Å². The topological polar surface area (TPSA) is 119 Å². The van der Waals surface area contributed by atoms with Gasteiger partial charge >= 0.3 is 6.03 Å². The molecule has 2 heterocycles. The highest BCUT2D eigenvalue weighted by molar-refractivity contribution is 5.89. The number of nitrogen functional groups attached to an aromatic ring is 1. The molecule has 214 valence electrons. The average molecular weight is 562 g/mol. The van der Waals surface area contributed by atoms with Gasteiger partial charge in [0.05, 0.1) is 17.6 Å². The van der Waals surface area contributed by atoms with Gasteiger partial charge in [0.2, 0.25) is 0 Å². The summed E-state index contributed by atoms with van der Waals surface area (Å²) in [4.78, 5) is 18.2. The third-order valence-electron chi connectivity index (χ3n) is 8.21. The minimum atomic E-state index is -1.19. The number of nitrogens with zero attached hydrogens (tertiary/aromatic N) is 3. The van der Waals surface area contributed by atoms with Crippen LogP contribution in [0.15, 0.2) is 109 Å². The highest BCUT2D eigenvalue weighted by Gasteiger charge is 2.46.